The van der Waals surface area contributed by atoms with Gasteiger partial charge < -0.3 is 19.4 Å². The second-order valence-corrected chi connectivity index (χ2v) is 12.1. The molecule has 0 bridgehead atoms. The van der Waals surface area contributed by atoms with E-state index in [-0.39, 0.29) is 17.4 Å². The summed E-state index contributed by atoms with van der Waals surface area (Å²) in [5.41, 5.74) is 7.25. The van der Waals surface area contributed by atoms with Crippen molar-refractivity contribution in [3.05, 3.63) is 99.2 Å². The summed E-state index contributed by atoms with van der Waals surface area (Å²) in [6.45, 7) is 14.9. The number of amides is 1. The number of esters is 1. The number of hydrogen-bond donors (Lipinski definition) is 1. The van der Waals surface area contributed by atoms with Gasteiger partial charge in [-0.3, -0.25) is 4.79 Å². The number of benzene rings is 3. The molecule has 4 rings (SSSR count). The van der Waals surface area contributed by atoms with E-state index < -0.39 is 12.1 Å². The van der Waals surface area contributed by atoms with Crippen LogP contribution in [-0.2, 0) is 21.5 Å². The van der Waals surface area contributed by atoms with Gasteiger partial charge >= 0.3 is 5.97 Å². The first-order chi connectivity index (χ1) is 19.3. The number of hydrogen-bond acceptors (Lipinski definition) is 4. The van der Waals surface area contributed by atoms with Gasteiger partial charge in [-0.15, -0.1) is 0 Å². The van der Waals surface area contributed by atoms with E-state index in [1.54, 1.807) is 13.0 Å². The number of carbonyl (C=O) groups excluding carboxylic acids is 2. The van der Waals surface area contributed by atoms with Gasteiger partial charge in [-0.1, -0.05) is 62.7 Å². The van der Waals surface area contributed by atoms with E-state index in [2.05, 4.69) is 68.8 Å². The highest BCUT2D eigenvalue weighted by Crippen LogP contribution is 2.31. The Morgan fingerprint density at radius 2 is 1.66 bits per heavy atom. The lowest BCUT2D eigenvalue weighted by molar-refractivity contribution is -0.147. The van der Waals surface area contributed by atoms with Crippen LogP contribution in [0.15, 0.2) is 60.7 Å². The van der Waals surface area contributed by atoms with Gasteiger partial charge in [0.25, 0.3) is 5.91 Å². The van der Waals surface area contributed by atoms with E-state index >= 15 is 0 Å². The van der Waals surface area contributed by atoms with Crippen molar-refractivity contribution in [2.45, 2.75) is 72.6 Å². The minimum Gasteiger partial charge on any atom is -0.477 e. The maximum absolute atomic E-state index is 13.2. The molecule has 0 saturated heterocycles. The first-order valence-electron chi connectivity index (χ1n) is 13.8. The smallest absolute Gasteiger partial charge is 0.346 e. The molecule has 1 amide bonds. The molecule has 4 aromatic rings. The zero-order valence-corrected chi connectivity index (χ0v) is 25.8. The van der Waals surface area contributed by atoms with E-state index in [9.17, 15) is 9.59 Å². The van der Waals surface area contributed by atoms with Gasteiger partial charge in [0.05, 0.1) is 18.2 Å². The number of aryl methyl sites for hydroxylation is 1. The highest BCUT2D eigenvalue weighted by molar-refractivity contribution is 6.32. The van der Waals surface area contributed by atoms with Crippen molar-refractivity contribution < 1.29 is 19.1 Å². The Morgan fingerprint density at radius 1 is 0.976 bits per heavy atom. The molecule has 1 heterocycles. The quantitative estimate of drug-likeness (QED) is 0.219. The summed E-state index contributed by atoms with van der Waals surface area (Å²) in [6.07, 6.45) is -0.778. The summed E-state index contributed by atoms with van der Waals surface area (Å²) in [6, 6.07) is 19.7. The summed E-state index contributed by atoms with van der Waals surface area (Å²) in [5.74, 6) is -0.153. The van der Waals surface area contributed by atoms with Crippen molar-refractivity contribution in [1.29, 1.82) is 0 Å². The Balaban J connectivity index is 1.55. The molecule has 3 aromatic carbocycles. The maximum atomic E-state index is 13.2. The number of halogens is 1. The number of fused-ring (bicyclic) bond motifs is 1. The molecule has 2 atom stereocenters. The molecule has 6 nitrogen and oxygen atoms in total. The minimum absolute atomic E-state index is 0.0829. The predicted octanol–water partition coefficient (Wildman–Crippen LogP) is 7.69. The lowest BCUT2D eigenvalue weighted by Gasteiger charge is -2.21. The Kier molecular flexibility index (Phi) is 8.83. The number of rotatable bonds is 8. The largest absolute Gasteiger partial charge is 0.477 e. The molecule has 7 heteroatoms. The van der Waals surface area contributed by atoms with Gasteiger partial charge in [0.15, 0.2) is 6.10 Å². The normalized spacial score (nSPS) is 13.1. The van der Waals surface area contributed by atoms with Crippen molar-refractivity contribution in [2.24, 2.45) is 0 Å². The average Bonchev–Trinajstić information content (AvgIpc) is 3.17. The van der Waals surface area contributed by atoms with Crippen molar-refractivity contribution >= 4 is 34.4 Å². The van der Waals surface area contributed by atoms with Crippen LogP contribution in [0, 0.1) is 13.8 Å². The molecule has 216 valence electrons. The van der Waals surface area contributed by atoms with Crippen LogP contribution in [0.25, 0.3) is 10.9 Å². The van der Waals surface area contributed by atoms with Gasteiger partial charge in [0, 0.05) is 28.7 Å². The van der Waals surface area contributed by atoms with Crippen LogP contribution in [0.3, 0.4) is 0 Å². The third-order valence-corrected chi connectivity index (χ3v) is 8.01. The molecule has 0 aliphatic carbocycles. The highest BCUT2D eigenvalue weighted by Gasteiger charge is 2.19. The monoisotopic (exact) mass is 574 g/mol. The molecule has 2 unspecified atom stereocenters. The van der Waals surface area contributed by atoms with E-state index in [4.69, 9.17) is 21.1 Å². The lowest BCUT2D eigenvalue weighted by Crippen LogP contribution is -2.26. The maximum Gasteiger partial charge on any atom is 0.346 e. The second kappa shape index (κ2) is 12.0. The van der Waals surface area contributed by atoms with Gasteiger partial charge in [-0.2, -0.15) is 0 Å². The molecule has 0 fully saturated rings. The van der Waals surface area contributed by atoms with Gasteiger partial charge in [-0.25, -0.2) is 4.79 Å². The summed E-state index contributed by atoms with van der Waals surface area (Å²) in [5, 5.41) is 4.60. The zero-order chi connectivity index (χ0) is 30.1. The van der Waals surface area contributed by atoms with Crippen LogP contribution in [0.2, 0.25) is 5.02 Å². The minimum atomic E-state index is -0.778. The molecule has 0 spiro atoms. The van der Waals surface area contributed by atoms with Crippen LogP contribution < -0.4 is 10.1 Å². The Labute approximate surface area is 247 Å². The zero-order valence-electron chi connectivity index (χ0n) is 25.1. The molecule has 0 radical (unpaired) electrons. The second-order valence-electron chi connectivity index (χ2n) is 11.6. The molecule has 0 saturated carbocycles. The summed E-state index contributed by atoms with van der Waals surface area (Å²) < 4.78 is 12.7. The molecular weight excluding hydrogens is 536 g/mol. The van der Waals surface area contributed by atoms with Crippen molar-refractivity contribution in [3.8, 4) is 5.75 Å². The number of aromatic nitrogens is 1. The fraction of sp³-hybridized carbons (Fsp3) is 0.353. The molecule has 1 aromatic heterocycles. The van der Waals surface area contributed by atoms with E-state index in [1.165, 1.54) is 12.7 Å². The molecular formula is C34H39ClN2O4. The number of nitrogens with zero attached hydrogens (tertiary/aromatic N) is 1. The van der Waals surface area contributed by atoms with Crippen LogP contribution in [0.5, 0.6) is 5.75 Å². The molecule has 1 N–H and O–H groups in total. The summed E-state index contributed by atoms with van der Waals surface area (Å²) in [7, 11) is 1.32. The van der Waals surface area contributed by atoms with Crippen molar-refractivity contribution in [3.63, 3.8) is 0 Å². The van der Waals surface area contributed by atoms with Crippen molar-refractivity contribution in [2.75, 3.05) is 7.11 Å². The first kappa shape index (κ1) is 30.2. The van der Waals surface area contributed by atoms with Gasteiger partial charge in [-0.05, 0) is 85.7 Å². The van der Waals surface area contributed by atoms with Crippen LogP contribution >= 0.6 is 11.6 Å². The van der Waals surface area contributed by atoms with E-state index in [1.807, 2.05) is 37.3 Å². The number of ether oxygens (including phenoxy) is 2. The Bertz CT molecular complexity index is 1580. The molecule has 0 aliphatic heterocycles. The molecule has 0 aliphatic rings. The first-order valence-corrected chi connectivity index (χ1v) is 14.2. The van der Waals surface area contributed by atoms with Gasteiger partial charge in [0.2, 0.25) is 0 Å². The highest BCUT2D eigenvalue weighted by atomic mass is 35.5. The Hall–Kier alpha value is -3.77. The topological polar surface area (TPSA) is 69.6 Å². The van der Waals surface area contributed by atoms with Gasteiger partial charge in [0.1, 0.15) is 5.75 Å². The van der Waals surface area contributed by atoms with Crippen molar-refractivity contribution in [1.82, 2.24) is 9.88 Å². The standard InChI is InChI=1S/C34H39ClN2O4/c1-20-22(3)37(19-24-9-15-29(35)31(17-24)41-23(4)33(39)40-8)30-16-12-26(18-28(20)30)32(38)36-21(2)25-10-13-27(14-11-25)34(5,6)7/h9-18,21,23H,19H2,1-8H3,(H,36,38). The van der Waals surface area contributed by atoms with Crippen LogP contribution in [-0.4, -0.2) is 29.7 Å². The number of methoxy groups -OCH3 is 1. The summed E-state index contributed by atoms with van der Waals surface area (Å²) >= 11 is 6.35. The fourth-order valence-corrected chi connectivity index (χ4v) is 5.12. The van der Waals surface area contributed by atoms with E-state index in [0.29, 0.717) is 22.9 Å². The number of carbonyl (C=O) groups is 2. The lowest BCUT2D eigenvalue weighted by atomic mass is 9.86. The fourth-order valence-electron chi connectivity index (χ4n) is 4.95. The predicted molar refractivity (Wildman–Crippen MR) is 165 cm³/mol. The van der Waals surface area contributed by atoms with Crippen LogP contribution in [0.1, 0.15) is 79.0 Å². The third-order valence-electron chi connectivity index (χ3n) is 7.70. The van der Waals surface area contributed by atoms with E-state index in [0.717, 1.165) is 33.3 Å². The third kappa shape index (κ3) is 6.59. The number of nitrogens with one attached hydrogen (secondary N) is 1. The Morgan fingerprint density at radius 3 is 2.29 bits per heavy atom. The molecule has 41 heavy (non-hydrogen) atoms. The summed E-state index contributed by atoms with van der Waals surface area (Å²) in [4.78, 5) is 25.1. The van der Waals surface area contributed by atoms with Crippen LogP contribution in [0.4, 0.5) is 0 Å². The average molecular weight is 575 g/mol. The SMILES string of the molecule is COC(=O)C(C)Oc1cc(Cn2c(C)c(C)c3cc(C(=O)NC(C)c4ccc(C(C)(C)C)cc4)ccc32)ccc1Cl.